The van der Waals surface area contributed by atoms with E-state index in [-0.39, 0.29) is 29.3 Å². The minimum absolute atomic E-state index is 0.105. The van der Waals surface area contributed by atoms with Crippen LogP contribution >= 0.6 is 34.7 Å². The van der Waals surface area contributed by atoms with Gasteiger partial charge in [0.15, 0.2) is 0 Å². The van der Waals surface area contributed by atoms with Gasteiger partial charge in [-0.15, -0.1) is 0 Å². The molecule has 6 rings (SSSR count). The summed E-state index contributed by atoms with van der Waals surface area (Å²) in [4.78, 5) is 68.5. The molecule has 1 saturated heterocycles. The van der Waals surface area contributed by atoms with Crippen molar-refractivity contribution >= 4 is 69.8 Å². The molecule has 3 atom stereocenters. The maximum absolute atomic E-state index is 14.2. The number of ether oxygens (including phenoxy) is 1. The molecule has 242 valence electrons. The number of anilines is 2. The van der Waals surface area contributed by atoms with Crippen molar-refractivity contribution < 1.29 is 23.9 Å². The van der Waals surface area contributed by atoms with Crippen LogP contribution in [-0.2, 0) is 31.1 Å². The molecule has 0 spiro atoms. The van der Waals surface area contributed by atoms with Crippen molar-refractivity contribution in [3.05, 3.63) is 109 Å². The Morgan fingerprint density at radius 2 is 1.57 bits per heavy atom. The number of hydrogen-bond acceptors (Lipinski definition) is 8. The number of carbonyl (C=O) groups excluding carboxylic acids is 4. The average Bonchev–Trinajstić information content (AvgIpc) is 3.48. The Bertz CT molecular complexity index is 1930. The van der Waals surface area contributed by atoms with Gasteiger partial charge in [0.2, 0.25) is 17.7 Å². The van der Waals surface area contributed by atoms with Gasteiger partial charge in [-0.2, -0.15) is 0 Å². The van der Waals surface area contributed by atoms with Crippen LogP contribution in [0.5, 0.6) is 0 Å². The third kappa shape index (κ3) is 6.27. The summed E-state index contributed by atoms with van der Waals surface area (Å²) in [5.41, 5.74) is 2.97. The topological polar surface area (TPSA) is 115 Å². The number of benzene rings is 3. The molecule has 3 heterocycles. The second kappa shape index (κ2) is 12.8. The second-order valence-electron chi connectivity index (χ2n) is 12.4. The Hall–Kier alpha value is -4.19. The number of thiazole rings is 1. The van der Waals surface area contributed by atoms with Crippen molar-refractivity contribution in [3.8, 4) is 0 Å². The number of rotatable bonds is 7. The summed E-state index contributed by atoms with van der Waals surface area (Å²) < 4.78 is 6.45. The number of halogens is 1. The normalized spacial score (nSPS) is 18.9. The van der Waals surface area contributed by atoms with Crippen molar-refractivity contribution in [1.82, 2.24) is 4.57 Å². The minimum atomic E-state index is -0.841. The maximum atomic E-state index is 14.2. The highest BCUT2D eigenvalue weighted by Crippen LogP contribution is 2.54. The van der Waals surface area contributed by atoms with Crippen LogP contribution in [0.15, 0.2) is 82.6 Å². The van der Waals surface area contributed by atoms with Crippen molar-refractivity contribution in [3.63, 3.8) is 0 Å². The minimum Gasteiger partial charge on any atom is -0.462 e. The van der Waals surface area contributed by atoms with Crippen molar-refractivity contribution in [1.29, 1.82) is 0 Å². The Kier molecular flexibility index (Phi) is 8.90. The molecule has 2 aliphatic rings. The molecular weight excluding hydrogens is 658 g/mol. The van der Waals surface area contributed by atoms with Crippen molar-refractivity contribution in [2.45, 2.75) is 55.8 Å². The van der Waals surface area contributed by atoms with E-state index in [4.69, 9.17) is 16.3 Å². The molecule has 2 aliphatic heterocycles. The highest BCUT2D eigenvalue weighted by atomic mass is 35.5. The molecule has 0 saturated carbocycles. The Labute approximate surface area is 284 Å². The van der Waals surface area contributed by atoms with Gasteiger partial charge >= 0.3 is 10.8 Å². The molecule has 0 radical (unpaired) electrons. The zero-order valence-corrected chi connectivity index (χ0v) is 28.5. The number of nitrogens with zero attached hydrogens (tertiary/aromatic N) is 2. The maximum Gasteiger partial charge on any atom is 0.338 e. The summed E-state index contributed by atoms with van der Waals surface area (Å²) in [5.74, 6) is -3.11. The number of hydrogen-bond donors (Lipinski definition) is 1. The van der Waals surface area contributed by atoms with Crippen LogP contribution in [0.4, 0.5) is 11.4 Å². The van der Waals surface area contributed by atoms with Crippen LogP contribution < -0.4 is 15.1 Å². The fourth-order valence-electron chi connectivity index (χ4n) is 5.90. The molecule has 1 aromatic heterocycles. The zero-order chi connectivity index (χ0) is 33.6. The summed E-state index contributed by atoms with van der Waals surface area (Å²) in [6, 6.07) is 20.7. The molecule has 9 nitrogen and oxygen atoms in total. The standard InChI is InChI=1S/C35H32ClN3O6S2/c1-5-45-33(43)20-8-16-24(17-9-20)39-30(41)27-26(19-6-10-21(11-7-19)35(2,3)4)29-32(46-28(27)31(39)42)38(34(44)47-29)18-25(40)37-23-14-12-22(36)13-15-23/h6-17,26-28H,5,18H2,1-4H3,(H,37,40). The number of imide groups is 1. The number of esters is 1. The number of carbonyl (C=O) groups is 4. The first-order valence-electron chi connectivity index (χ1n) is 15.1. The molecule has 4 aromatic rings. The first kappa shape index (κ1) is 32.7. The fourth-order valence-corrected chi connectivity index (χ4v) is 8.80. The predicted molar refractivity (Wildman–Crippen MR) is 184 cm³/mol. The third-order valence-electron chi connectivity index (χ3n) is 8.25. The van der Waals surface area contributed by atoms with E-state index in [0.717, 1.165) is 34.2 Å². The van der Waals surface area contributed by atoms with Gasteiger partial charge in [-0.3, -0.25) is 23.7 Å². The number of nitrogens with one attached hydrogen (secondary N) is 1. The lowest BCUT2D eigenvalue weighted by Gasteiger charge is -2.31. The zero-order valence-electron chi connectivity index (χ0n) is 26.1. The molecule has 3 aromatic carbocycles. The van der Waals surface area contributed by atoms with Crippen molar-refractivity contribution in [2.75, 3.05) is 16.8 Å². The van der Waals surface area contributed by atoms with Gasteiger partial charge in [0, 0.05) is 21.5 Å². The van der Waals surface area contributed by atoms with Gasteiger partial charge in [-0.1, -0.05) is 79.7 Å². The quantitative estimate of drug-likeness (QED) is 0.175. The summed E-state index contributed by atoms with van der Waals surface area (Å²) >= 11 is 8.11. The van der Waals surface area contributed by atoms with E-state index in [9.17, 15) is 24.0 Å². The number of thioether (sulfide) groups is 1. The van der Waals surface area contributed by atoms with E-state index in [1.807, 2.05) is 24.3 Å². The third-order valence-corrected chi connectivity index (χ3v) is 11.1. The monoisotopic (exact) mass is 689 g/mol. The Morgan fingerprint density at radius 1 is 0.915 bits per heavy atom. The van der Waals surface area contributed by atoms with E-state index in [0.29, 0.717) is 31.9 Å². The van der Waals surface area contributed by atoms with Crippen molar-refractivity contribution in [2.24, 2.45) is 5.92 Å². The summed E-state index contributed by atoms with van der Waals surface area (Å²) in [6.07, 6.45) is 0. The Balaban J connectivity index is 1.39. The summed E-state index contributed by atoms with van der Waals surface area (Å²) in [7, 11) is 0. The van der Waals surface area contributed by atoms with Gasteiger partial charge in [-0.05, 0) is 72.0 Å². The van der Waals surface area contributed by atoms with Gasteiger partial charge in [0.05, 0.1) is 28.8 Å². The van der Waals surface area contributed by atoms with E-state index in [2.05, 4.69) is 26.1 Å². The lowest BCUT2D eigenvalue weighted by atomic mass is 9.81. The molecule has 3 amide bonds. The molecule has 3 unspecified atom stereocenters. The molecule has 0 bridgehead atoms. The molecule has 1 N–H and O–H groups in total. The first-order chi connectivity index (χ1) is 22.4. The Morgan fingerprint density at radius 3 is 2.19 bits per heavy atom. The highest BCUT2D eigenvalue weighted by molar-refractivity contribution is 8.00. The van der Waals surface area contributed by atoms with Crippen LogP contribution in [0.3, 0.4) is 0 Å². The van der Waals surface area contributed by atoms with E-state index in [1.165, 1.54) is 21.6 Å². The number of fused-ring (bicyclic) bond motifs is 2. The highest BCUT2D eigenvalue weighted by Gasteiger charge is 2.56. The van der Waals surface area contributed by atoms with Crippen LogP contribution in [0.25, 0.3) is 0 Å². The van der Waals surface area contributed by atoms with E-state index >= 15 is 0 Å². The summed E-state index contributed by atoms with van der Waals surface area (Å²) in [5, 5.41) is 2.97. The van der Waals surface area contributed by atoms with Gasteiger partial charge in [0.25, 0.3) is 0 Å². The molecule has 47 heavy (non-hydrogen) atoms. The molecule has 0 aliphatic carbocycles. The molecular formula is C35H32ClN3O6S2. The average molecular weight is 690 g/mol. The summed E-state index contributed by atoms with van der Waals surface area (Å²) in [6.45, 7) is 8.00. The second-order valence-corrected chi connectivity index (χ2v) is 14.9. The number of amides is 3. The van der Waals surface area contributed by atoms with Gasteiger partial charge in [-0.25, -0.2) is 9.69 Å². The van der Waals surface area contributed by atoms with Gasteiger partial charge < -0.3 is 10.1 Å². The lowest BCUT2D eigenvalue weighted by molar-refractivity contribution is -0.122. The van der Waals surface area contributed by atoms with Gasteiger partial charge in [0.1, 0.15) is 11.8 Å². The van der Waals surface area contributed by atoms with E-state index < -0.39 is 34.9 Å². The van der Waals surface area contributed by atoms with E-state index in [1.54, 1.807) is 43.3 Å². The first-order valence-corrected chi connectivity index (χ1v) is 17.2. The number of aromatic nitrogens is 1. The largest absolute Gasteiger partial charge is 0.462 e. The predicted octanol–water partition coefficient (Wildman–Crippen LogP) is 6.47. The van der Waals surface area contributed by atoms with Crippen LogP contribution in [0, 0.1) is 5.92 Å². The molecule has 12 heteroatoms. The van der Waals surface area contributed by atoms with Crippen LogP contribution in [-0.4, -0.2) is 40.1 Å². The molecule has 1 fully saturated rings. The fraction of sp³-hybridized carbons (Fsp3) is 0.286. The van der Waals surface area contributed by atoms with Crippen LogP contribution in [0.2, 0.25) is 5.02 Å². The lowest BCUT2D eigenvalue weighted by Crippen LogP contribution is -2.33. The van der Waals surface area contributed by atoms with Crippen LogP contribution in [0.1, 0.15) is 60.0 Å². The SMILES string of the molecule is CCOC(=O)c1ccc(N2C(=O)C3Sc4c(sc(=O)n4CC(=O)Nc4ccc(Cl)cc4)C(c4ccc(C(C)(C)C)cc4)C3C2=O)cc1. The smallest absolute Gasteiger partial charge is 0.338 e.